The average Bonchev–Trinajstić information content (AvgIpc) is 1.57. The SMILES string of the molecule is c1ccc(-c2ccc(N(c3ccc(-c4ccccc4)cc3)c3cccc4c3c3ccccc3n4-c3cccc(-c4ccccc4)c3)cc2)cc1.c1ccc(-c2ccc(N(c3ccc(-c4ccccc4)cc3)c3cccc4c3c3ccccc3n4-c3ccccc3-c3ccccc3)cc2)cc1.c1ccc(-c2ccc(N(c3ccccc3-c3ccccc3)c3cccc4c3c3ccccc3n4-c3ccc(-c4ccccc4)cc3)cc2)cc1. The van der Waals surface area contributed by atoms with Crippen molar-refractivity contribution in [2.24, 2.45) is 0 Å². The molecule has 0 aliphatic rings. The van der Waals surface area contributed by atoms with Crippen molar-refractivity contribution < 1.29 is 0 Å². The van der Waals surface area contributed by atoms with Crippen LogP contribution in [0.5, 0.6) is 0 Å². The van der Waals surface area contributed by atoms with Crippen LogP contribution in [0.25, 0.3) is 183 Å². The summed E-state index contributed by atoms with van der Waals surface area (Å²) in [6.45, 7) is 0. The van der Waals surface area contributed by atoms with Gasteiger partial charge in [-0.2, -0.15) is 0 Å². The molecule has 0 radical (unpaired) electrons. The van der Waals surface area contributed by atoms with Gasteiger partial charge in [-0.15, -0.1) is 0 Å². The summed E-state index contributed by atoms with van der Waals surface area (Å²) in [6, 6.07) is 222. The van der Waals surface area contributed by atoms with Gasteiger partial charge in [-0.25, -0.2) is 0 Å². The minimum absolute atomic E-state index is 1.10. The van der Waals surface area contributed by atoms with Crippen LogP contribution in [0, 0.1) is 0 Å². The summed E-state index contributed by atoms with van der Waals surface area (Å²) in [4.78, 5) is 7.25. The molecule has 27 aromatic rings. The van der Waals surface area contributed by atoms with E-state index in [1.165, 1.54) is 166 Å². The highest BCUT2D eigenvalue weighted by atomic mass is 15.2. The van der Waals surface area contributed by atoms with Gasteiger partial charge in [-0.05, 0) is 241 Å². The molecule has 6 heteroatoms. The minimum atomic E-state index is 1.10. The van der Waals surface area contributed by atoms with E-state index in [0.29, 0.717) is 0 Å². The third-order valence-corrected chi connectivity index (χ3v) is 28.8. The Morgan fingerprint density at radius 1 is 0.120 bits per heavy atom. The van der Waals surface area contributed by atoms with Crippen LogP contribution in [0.4, 0.5) is 51.2 Å². The summed E-state index contributed by atoms with van der Waals surface area (Å²) < 4.78 is 7.25. The maximum Gasteiger partial charge on any atom is 0.0562 e. The molecule has 0 atom stereocenters. The third-order valence-electron chi connectivity index (χ3n) is 28.8. The van der Waals surface area contributed by atoms with Gasteiger partial charge in [0.05, 0.1) is 61.5 Å². The molecule has 0 saturated heterocycles. The zero-order chi connectivity index (χ0) is 99.8. The van der Waals surface area contributed by atoms with Gasteiger partial charge in [0.2, 0.25) is 0 Å². The average molecular weight is 1920 g/mol. The fraction of sp³-hybridized carbons (Fsp3) is 0. The lowest BCUT2D eigenvalue weighted by molar-refractivity contribution is 1.18. The van der Waals surface area contributed by atoms with Gasteiger partial charge in [0.1, 0.15) is 0 Å². The number of rotatable bonds is 21. The van der Waals surface area contributed by atoms with Crippen LogP contribution in [0.2, 0.25) is 0 Å². The highest BCUT2D eigenvalue weighted by molar-refractivity contribution is 6.20. The molecule has 24 aromatic carbocycles. The fourth-order valence-electron chi connectivity index (χ4n) is 21.8. The molecule has 0 amide bonds. The highest BCUT2D eigenvalue weighted by Gasteiger charge is 2.28. The Labute approximate surface area is 874 Å². The van der Waals surface area contributed by atoms with E-state index >= 15 is 0 Å². The van der Waals surface area contributed by atoms with Crippen molar-refractivity contribution in [2.75, 3.05) is 14.7 Å². The predicted molar refractivity (Wildman–Crippen MR) is 635 cm³/mol. The van der Waals surface area contributed by atoms with E-state index in [1.54, 1.807) is 0 Å². The van der Waals surface area contributed by atoms with Gasteiger partial charge in [-0.3, -0.25) is 0 Å². The highest BCUT2D eigenvalue weighted by Crippen LogP contribution is 2.52. The monoisotopic (exact) mass is 1910 g/mol. The minimum Gasteiger partial charge on any atom is -0.310 e. The lowest BCUT2D eigenvalue weighted by atomic mass is 10.00. The Morgan fingerprint density at radius 3 is 0.693 bits per heavy atom. The number of aromatic nitrogens is 3. The van der Waals surface area contributed by atoms with E-state index in [1.807, 2.05) is 0 Å². The van der Waals surface area contributed by atoms with E-state index in [-0.39, 0.29) is 0 Å². The standard InChI is InChI=1S/3C48H34N2/c1-4-15-35(16-5-1)37-27-31-40(32-28-37)49(44-23-12-10-21-42(44)39-19-8-3-9-20-39)46-25-14-26-47-48(46)43-22-11-13-24-45(43)50(47)41-33-29-38(30-34-41)36-17-6-2-7-18-36;1-4-15-35(16-5-1)37-27-31-40(32-28-37)49(41-33-29-38(30-34-41)36-17-6-2-7-18-36)46-25-14-26-47-48(46)43-22-11-13-24-45(43)50(47)44-23-12-10-21-42(44)39-19-8-3-9-20-39;1-4-14-35(15-5-1)38-26-30-41(31-27-38)49(42-32-28-39(29-33-42)36-16-6-2-7-17-36)46-24-13-25-47-48(46)44-22-10-11-23-45(44)50(47)43-21-12-20-40(34-43)37-18-8-3-9-19-37/h3*1-34H. The summed E-state index contributed by atoms with van der Waals surface area (Å²) >= 11 is 0. The summed E-state index contributed by atoms with van der Waals surface area (Å²) in [7, 11) is 0. The number of benzene rings is 24. The van der Waals surface area contributed by atoms with Gasteiger partial charge < -0.3 is 28.4 Å². The number of hydrogen-bond donors (Lipinski definition) is 0. The van der Waals surface area contributed by atoms with Gasteiger partial charge in [-0.1, -0.05) is 467 Å². The second-order valence-electron chi connectivity index (χ2n) is 37.7. The van der Waals surface area contributed by atoms with Gasteiger partial charge in [0.25, 0.3) is 0 Å². The smallest absolute Gasteiger partial charge is 0.0562 e. The van der Waals surface area contributed by atoms with E-state index in [0.717, 1.165) is 68.2 Å². The number of anilines is 9. The van der Waals surface area contributed by atoms with Gasteiger partial charge in [0, 0.05) is 83.3 Å². The zero-order valence-electron chi connectivity index (χ0n) is 82.6. The molecule has 0 N–H and O–H groups in total. The maximum absolute atomic E-state index is 2.44. The van der Waals surface area contributed by atoms with Crippen LogP contribution < -0.4 is 14.7 Å². The molecule has 150 heavy (non-hydrogen) atoms. The molecule has 6 nitrogen and oxygen atoms in total. The first-order valence-corrected chi connectivity index (χ1v) is 51.3. The normalized spacial score (nSPS) is 11.2. The summed E-state index contributed by atoms with van der Waals surface area (Å²) in [5.41, 5.74) is 42.1. The lowest BCUT2D eigenvalue weighted by Gasteiger charge is -2.29. The van der Waals surface area contributed by atoms with Crippen LogP contribution in [0.3, 0.4) is 0 Å². The molecule has 3 heterocycles. The second-order valence-corrected chi connectivity index (χ2v) is 37.7. The molecule has 0 unspecified atom stereocenters. The first kappa shape index (κ1) is 91.3. The van der Waals surface area contributed by atoms with Crippen molar-refractivity contribution in [1.82, 2.24) is 13.7 Å². The van der Waals surface area contributed by atoms with E-state index < -0.39 is 0 Å². The number of para-hydroxylation sites is 5. The van der Waals surface area contributed by atoms with E-state index in [4.69, 9.17) is 0 Å². The molecular formula is C144H102N6. The topological polar surface area (TPSA) is 24.5 Å². The first-order valence-electron chi connectivity index (χ1n) is 51.3. The summed E-state index contributed by atoms with van der Waals surface area (Å²) in [5.74, 6) is 0. The second kappa shape index (κ2) is 41.4. The number of hydrogen-bond acceptors (Lipinski definition) is 3. The Balaban J connectivity index is 0.000000116. The third kappa shape index (κ3) is 18.0. The van der Waals surface area contributed by atoms with E-state index in [9.17, 15) is 0 Å². The van der Waals surface area contributed by atoms with Gasteiger partial charge in [0.15, 0.2) is 0 Å². The molecule has 0 bridgehead atoms. The summed E-state index contributed by atoms with van der Waals surface area (Å²) in [5, 5.41) is 7.29. The van der Waals surface area contributed by atoms with Crippen molar-refractivity contribution in [3.05, 3.63) is 619 Å². The lowest BCUT2D eigenvalue weighted by Crippen LogP contribution is -2.11. The number of nitrogens with zero attached hydrogens (tertiary/aromatic N) is 6. The van der Waals surface area contributed by atoms with Crippen molar-refractivity contribution in [1.29, 1.82) is 0 Å². The first-order chi connectivity index (χ1) is 74.5. The van der Waals surface area contributed by atoms with Crippen molar-refractivity contribution >= 4 is 117 Å². The molecule has 0 fully saturated rings. The molecule has 27 rings (SSSR count). The summed E-state index contributed by atoms with van der Waals surface area (Å²) in [6.07, 6.45) is 0. The maximum atomic E-state index is 2.44. The van der Waals surface area contributed by atoms with Crippen molar-refractivity contribution in [3.63, 3.8) is 0 Å². The van der Waals surface area contributed by atoms with Gasteiger partial charge >= 0.3 is 0 Å². The van der Waals surface area contributed by atoms with Crippen LogP contribution in [-0.4, -0.2) is 13.7 Å². The molecule has 3 aromatic heterocycles. The molecular weight excluding hydrogens is 1810 g/mol. The van der Waals surface area contributed by atoms with Crippen LogP contribution in [0.15, 0.2) is 619 Å². The molecule has 708 valence electrons. The quantitative estimate of drug-likeness (QED) is 0.0717. The fourth-order valence-corrected chi connectivity index (χ4v) is 21.8. The molecule has 0 saturated carbocycles. The largest absolute Gasteiger partial charge is 0.310 e. The van der Waals surface area contributed by atoms with Crippen molar-refractivity contribution in [3.8, 4) is 117 Å². The van der Waals surface area contributed by atoms with Crippen molar-refractivity contribution in [2.45, 2.75) is 0 Å². The Hall–Kier alpha value is -19.9. The Kier molecular flexibility index (Phi) is 25.2. The number of fused-ring (bicyclic) bond motifs is 9. The van der Waals surface area contributed by atoms with E-state index in [2.05, 4.69) is 647 Å². The molecule has 0 aliphatic carbocycles. The molecule has 0 aliphatic heterocycles. The Bertz CT molecular complexity index is 9230. The van der Waals surface area contributed by atoms with Crippen LogP contribution in [-0.2, 0) is 0 Å². The Morgan fingerprint density at radius 2 is 0.340 bits per heavy atom. The molecule has 0 spiro atoms. The predicted octanol–water partition coefficient (Wildman–Crippen LogP) is 39.8. The van der Waals surface area contributed by atoms with Crippen LogP contribution in [0.1, 0.15) is 0 Å². The zero-order valence-corrected chi connectivity index (χ0v) is 82.6. The van der Waals surface area contributed by atoms with Crippen LogP contribution >= 0.6 is 0 Å².